The van der Waals surface area contributed by atoms with E-state index >= 15 is 0 Å². The quantitative estimate of drug-likeness (QED) is 0.773. The molecule has 1 aromatic carbocycles. The van der Waals surface area contributed by atoms with Gasteiger partial charge >= 0.3 is 0 Å². The molecule has 1 fully saturated rings. The van der Waals surface area contributed by atoms with E-state index in [4.69, 9.17) is 9.47 Å². The predicted molar refractivity (Wildman–Crippen MR) is 84.0 cm³/mol. The molecule has 0 spiro atoms. The maximum Gasteiger partial charge on any atom is 0.161 e. The molecule has 1 saturated heterocycles. The standard InChI is InChI=1S/C17H27NO3/c1-3-10-20-15-8-7-13(12-16(15)21-11-4-2)17(19)14-6-5-9-18-14/h7-8,12,14,17-19H,3-6,9-11H2,1-2H3. The molecule has 1 aromatic rings. The smallest absolute Gasteiger partial charge is 0.161 e. The number of aliphatic hydroxyl groups excluding tert-OH is 1. The van der Waals surface area contributed by atoms with Crippen LogP contribution in [0.25, 0.3) is 0 Å². The van der Waals surface area contributed by atoms with E-state index in [0.717, 1.165) is 49.3 Å². The van der Waals surface area contributed by atoms with Crippen molar-refractivity contribution < 1.29 is 14.6 Å². The van der Waals surface area contributed by atoms with Crippen molar-refractivity contribution in [3.05, 3.63) is 23.8 Å². The first kappa shape index (κ1) is 16.1. The van der Waals surface area contributed by atoms with E-state index in [9.17, 15) is 5.11 Å². The van der Waals surface area contributed by atoms with Gasteiger partial charge in [0.1, 0.15) is 0 Å². The molecular formula is C17H27NO3. The molecule has 2 N–H and O–H groups in total. The molecule has 0 aromatic heterocycles. The van der Waals surface area contributed by atoms with Crippen LogP contribution < -0.4 is 14.8 Å². The summed E-state index contributed by atoms with van der Waals surface area (Å²) in [7, 11) is 0. The van der Waals surface area contributed by atoms with Crippen molar-refractivity contribution in [2.75, 3.05) is 19.8 Å². The Labute approximate surface area is 127 Å². The molecule has 118 valence electrons. The number of rotatable bonds is 8. The van der Waals surface area contributed by atoms with Gasteiger partial charge < -0.3 is 19.9 Å². The maximum atomic E-state index is 10.5. The highest BCUT2D eigenvalue weighted by Gasteiger charge is 2.24. The summed E-state index contributed by atoms with van der Waals surface area (Å²) in [4.78, 5) is 0. The van der Waals surface area contributed by atoms with E-state index in [-0.39, 0.29) is 6.04 Å². The summed E-state index contributed by atoms with van der Waals surface area (Å²) in [5, 5.41) is 13.8. The molecule has 2 rings (SSSR count). The zero-order valence-electron chi connectivity index (χ0n) is 13.1. The van der Waals surface area contributed by atoms with Crippen LogP contribution in [0.3, 0.4) is 0 Å². The molecule has 0 saturated carbocycles. The summed E-state index contributed by atoms with van der Waals surface area (Å²) in [6.45, 7) is 6.47. The molecule has 1 heterocycles. The van der Waals surface area contributed by atoms with Gasteiger partial charge in [-0.25, -0.2) is 0 Å². The summed E-state index contributed by atoms with van der Waals surface area (Å²) in [6, 6.07) is 5.92. The van der Waals surface area contributed by atoms with E-state index in [1.165, 1.54) is 0 Å². The Morgan fingerprint density at radius 1 is 1.19 bits per heavy atom. The molecule has 2 unspecified atom stereocenters. The van der Waals surface area contributed by atoms with Crippen LogP contribution in [0.2, 0.25) is 0 Å². The van der Waals surface area contributed by atoms with E-state index in [2.05, 4.69) is 19.2 Å². The van der Waals surface area contributed by atoms with Crippen LogP contribution in [0.5, 0.6) is 11.5 Å². The van der Waals surface area contributed by atoms with Gasteiger partial charge in [0.2, 0.25) is 0 Å². The summed E-state index contributed by atoms with van der Waals surface area (Å²) in [5.74, 6) is 1.50. The Kier molecular flexibility index (Phi) is 6.33. The van der Waals surface area contributed by atoms with E-state index in [1.807, 2.05) is 18.2 Å². The zero-order chi connectivity index (χ0) is 15.1. The Hall–Kier alpha value is -1.26. The second-order valence-electron chi connectivity index (χ2n) is 5.55. The maximum absolute atomic E-state index is 10.5. The van der Waals surface area contributed by atoms with Crippen molar-refractivity contribution in [2.45, 2.75) is 51.7 Å². The van der Waals surface area contributed by atoms with E-state index in [0.29, 0.717) is 13.2 Å². The number of ether oxygens (including phenoxy) is 2. The third kappa shape index (κ3) is 4.35. The summed E-state index contributed by atoms with van der Waals surface area (Å²) in [6.07, 6.45) is 3.56. The normalized spacial score (nSPS) is 19.5. The Bertz CT molecular complexity index is 430. The minimum Gasteiger partial charge on any atom is -0.490 e. The summed E-state index contributed by atoms with van der Waals surface area (Å²) < 4.78 is 11.5. The second-order valence-corrected chi connectivity index (χ2v) is 5.55. The van der Waals surface area contributed by atoms with Crippen molar-refractivity contribution >= 4 is 0 Å². The highest BCUT2D eigenvalue weighted by Crippen LogP contribution is 2.33. The molecule has 0 amide bonds. The number of hydrogen-bond donors (Lipinski definition) is 2. The van der Waals surface area contributed by atoms with Gasteiger partial charge in [-0.3, -0.25) is 0 Å². The molecule has 1 aliphatic heterocycles. The molecule has 21 heavy (non-hydrogen) atoms. The van der Waals surface area contributed by atoms with Crippen LogP contribution in [0.15, 0.2) is 18.2 Å². The molecule has 4 nitrogen and oxygen atoms in total. The Balaban J connectivity index is 2.14. The van der Waals surface area contributed by atoms with Crippen LogP contribution in [0.4, 0.5) is 0 Å². The number of hydrogen-bond acceptors (Lipinski definition) is 4. The monoisotopic (exact) mass is 293 g/mol. The molecule has 0 bridgehead atoms. The average molecular weight is 293 g/mol. The van der Waals surface area contributed by atoms with Crippen LogP contribution in [-0.4, -0.2) is 30.9 Å². The minimum atomic E-state index is -0.489. The van der Waals surface area contributed by atoms with Gasteiger partial charge in [0.25, 0.3) is 0 Å². The van der Waals surface area contributed by atoms with Gasteiger partial charge in [-0.2, -0.15) is 0 Å². The van der Waals surface area contributed by atoms with E-state index in [1.54, 1.807) is 0 Å². The Morgan fingerprint density at radius 2 is 1.90 bits per heavy atom. The van der Waals surface area contributed by atoms with Gasteiger partial charge in [-0.1, -0.05) is 19.9 Å². The molecule has 0 aliphatic carbocycles. The fraction of sp³-hybridized carbons (Fsp3) is 0.647. The number of nitrogens with one attached hydrogen (secondary N) is 1. The molecule has 4 heteroatoms. The van der Waals surface area contributed by atoms with Crippen molar-refractivity contribution in [1.29, 1.82) is 0 Å². The summed E-state index contributed by atoms with van der Waals surface area (Å²) in [5.41, 5.74) is 0.893. The van der Waals surface area contributed by atoms with Crippen molar-refractivity contribution in [3.8, 4) is 11.5 Å². The third-order valence-electron chi connectivity index (χ3n) is 3.71. The van der Waals surface area contributed by atoms with Crippen LogP contribution >= 0.6 is 0 Å². The lowest BCUT2D eigenvalue weighted by molar-refractivity contribution is 0.137. The molecule has 0 radical (unpaired) electrons. The predicted octanol–water partition coefficient (Wildman–Crippen LogP) is 3.05. The van der Waals surface area contributed by atoms with Crippen molar-refractivity contribution in [3.63, 3.8) is 0 Å². The lowest BCUT2D eigenvalue weighted by Crippen LogP contribution is -2.28. The largest absolute Gasteiger partial charge is 0.490 e. The lowest BCUT2D eigenvalue weighted by Gasteiger charge is -2.20. The molecule has 1 aliphatic rings. The first-order valence-corrected chi connectivity index (χ1v) is 8.07. The number of benzene rings is 1. The first-order chi connectivity index (χ1) is 10.3. The summed E-state index contributed by atoms with van der Waals surface area (Å²) >= 11 is 0. The topological polar surface area (TPSA) is 50.7 Å². The second kappa shape index (κ2) is 8.25. The molecule has 2 atom stereocenters. The van der Waals surface area contributed by atoms with Gasteiger partial charge in [0.05, 0.1) is 19.3 Å². The van der Waals surface area contributed by atoms with Gasteiger partial charge in [-0.15, -0.1) is 0 Å². The average Bonchev–Trinajstić information content (AvgIpc) is 3.04. The van der Waals surface area contributed by atoms with Gasteiger partial charge in [-0.05, 0) is 49.9 Å². The highest BCUT2D eigenvalue weighted by molar-refractivity contribution is 5.44. The third-order valence-corrected chi connectivity index (χ3v) is 3.71. The number of aliphatic hydroxyl groups is 1. The highest BCUT2D eigenvalue weighted by atomic mass is 16.5. The van der Waals surface area contributed by atoms with E-state index < -0.39 is 6.10 Å². The van der Waals surface area contributed by atoms with Crippen LogP contribution in [-0.2, 0) is 0 Å². The first-order valence-electron chi connectivity index (χ1n) is 8.07. The van der Waals surface area contributed by atoms with Gasteiger partial charge in [0, 0.05) is 6.04 Å². The molecular weight excluding hydrogens is 266 g/mol. The van der Waals surface area contributed by atoms with Crippen LogP contribution in [0.1, 0.15) is 51.2 Å². The van der Waals surface area contributed by atoms with Crippen molar-refractivity contribution in [2.24, 2.45) is 0 Å². The zero-order valence-corrected chi connectivity index (χ0v) is 13.1. The van der Waals surface area contributed by atoms with Crippen molar-refractivity contribution in [1.82, 2.24) is 5.32 Å². The fourth-order valence-corrected chi connectivity index (χ4v) is 2.58. The lowest BCUT2D eigenvalue weighted by atomic mass is 10.0. The van der Waals surface area contributed by atoms with Gasteiger partial charge in [0.15, 0.2) is 11.5 Å². The van der Waals surface area contributed by atoms with Crippen LogP contribution in [0, 0.1) is 0 Å². The SMILES string of the molecule is CCCOc1ccc(C(O)C2CCCN2)cc1OCCC. The Morgan fingerprint density at radius 3 is 2.52 bits per heavy atom. The fourth-order valence-electron chi connectivity index (χ4n) is 2.58. The minimum absolute atomic E-state index is 0.145.